The van der Waals surface area contributed by atoms with Crippen LogP contribution in [0.4, 0.5) is 0 Å². The molecule has 2 aliphatic heterocycles. The van der Waals surface area contributed by atoms with Gasteiger partial charge in [-0.1, -0.05) is 48.5 Å². The van der Waals surface area contributed by atoms with Crippen LogP contribution in [0.5, 0.6) is 0 Å². The van der Waals surface area contributed by atoms with Crippen molar-refractivity contribution in [2.45, 2.75) is 77.8 Å². The highest BCUT2D eigenvalue weighted by atomic mass is 16.6. The molecule has 208 valence electrons. The van der Waals surface area contributed by atoms with Gasteiger partial charge in [0.05, 0.1) is 35.8 Å². The van der Waals surface area contributed by atoms with E-state index in [4.69, 9.17) is 14.5 Å². The summed E-state index contributed by atoms with van der Waals surface area (Å²) in [6, 6.07) is 23.5. The molecule has 1 atom stereocenters. The molecule has 4 aromatic rings. The zero-order valence-electron chi connectivity index (χ0n) is 23.9. The molecule has 3 heterocycles. The number of hydrogen-bond acceptors (Lipinski definition) is 5. The first-order chi connectivity index (χ1) is 19.3. The minimum atomic E-state index is -0.539. The van der Waals surface area contributed by atoms with E-state index in [-0.39, 0.29) is 12.1 Å². The lowest BCUT2D eigenvalue weighted by Crippen LogP contribution is -2.34. The maximum Gasteiger partial charge on any atom is 0.338 e. The van der Waals surface area contributed by atoms with Crippen LogP contribution in [0, 0.1) is 0 Å². The number of benzene rings is 3. The maximum absolute atomic E-state index is 12.8. The topological polar surface area (TPSA) is 56.6 Å². The van der Waals surface area contributed by atoms with Crippen molar-refractivity contribution >= 4 is 17.0 Å². The summed E-state index contributed by atoms with van der Waals surface area (Å²) in [6.45, 7) is 9.91. The average molecular weight is 538 g/mol. The number of ether oxygens (including phenoxy) is 2. The Balaban J connectivity index is 1.21. The first-order valence-electron chi connectivity index (χ1n) is 14.5. The monoisotopic (exact) mass is 537 g/mol. The van der Waals surface area contributed by atoms with Gasteiger partial charge in [-0.25, -0.2) is 9.78 Å². The molecule has 3 aromatic carbocycles. The molecule has 1 aromatic heterocycles. The van der Waals surface area contributed by atoms with E-state index in [9.17, 15) is 4.79 Å². The fourth-order valence-corrected chi connectivity index (χ4v) is 5.69. The Hall–Kier alpha value is -3.48. The van der Waals surface area contributed by atoms with Crippen LogP contribution < -0.4 is 0 Å². The molecule has 6 heteroatoms. The Kier molecular flexibility index (Phi) is 7.47. The molecule has 0 radical (unpaired) electrons. The van der Waals surface area contributed by atoms with Gasteiger partial charge >= 0.3 is 5.97 Å². The summed E-state index contributed by atoms with van der Waals surface area (Å²) in [4.78, 5) is 20.4. The minimum Gasteiger partial charge on any atom is -0.456 e. The van der Waals surface area contributed by atoms with Crippen molar-refractivity contribution in [2.75, 3.05) is 13.2 Å². The SMILES string of the molecule is CC(C)(C)OC(=O)c1ccc2nc(CN3CCc4ccc(CCc5ccccc5)cc4C3)n(C[C@@H]3CCO3)c2c1. The lowest BCUT2D eigenvalue weighted by molar-refractivity contribution is -0.0592. The summed E-state index contributed by atoms with van der Waals surface area (Å²) in [6.07, 6.45) is 4.39. The van der Waals surface area contributed by atoms with Crippen LogP contribution in [-0.4, -0.2) is 45.3 Å². The first-order valence-corrected chi connectivity index (χ1v) is 14.5. The molecule has 0 aliphatic carbocycles. The van der Waals surface area contributed by atoms with Gasteiger partial charge in [0, 0.05) is 19.7 Å². The van der Waals surface area contributed by atoms with Gasteiger partial charge in [0.25, 0.3) is 0 Å². The molecule has 6 rings (SSSR count). The van der Waals surface area contributed by atoms with Crippen LogP contribution in [0.25, 0.3) is 11.0 Å². The number of fused-ring (bicyclic) bond motifs is 2. The van der Waals surface area contributed by atoms with Crippen molar-refractivity contribution in [1.82, 2.24) is 14.5 Å². The maximum atomic E-state index is 12.8. The van der Waals surface area contributed by atoms with Gasteiger partial charge in [-0.15, -0.1) is 0 Å². The first kappa shape index (κ1) is 26.7. The predicted molar refractivity (Wildman–Crippen MR) is 157 cm³/mol. The van der Waals surface area contributed by atoms with E-state index in [1.54, 1.807) is 0 Å². The van der Waals surface area contributed by atoms with Crippen molar-refractivity contribution in [3.8, 4) is 0 Å². The van der Waals surface area contributed by atoms with E-state index >= 15 is 0 Å². The Morgan fingerprint density at radius 2 is 1.80 bits per heavy atom. The largest absolute Gasteiger partial charge is 0.456 e. The summed E-state index contributed by atoms with van der Waals surface area (Å²) >= 11 is 0. The third-order valence-electron chi connectivity index (χ3n) is 7.91. The Labute approximate surface area is 236 Å². The second kappa shape index (κ2) is 11.2. The molecule has 0 amide bonds. The molecule has 40 heavy (non-hydrogen) atoms. The number of aromatic nitrogens is 2. The molecule has 0 unspecified atom stereocenters. The normalized spacial score (nSPS) is 17.4. The van der Waals surface area contributed by atoms with Crippen molar-refractivity contribution in [3.63, 3.8) is 0 Å². The van der Waals surface area contributed by atoms with Gasteiger partial charge in [0.2, 0.25) is 0 Å². The van der Waals surface area contributed by atoms with E-state index in [2.05, 4.69) is 58.0 Å². The third-order valence-corrected chi connectivity index (χ3v) is 7.91. The summed E-state index contributed by atoms with van der Waals surface area (Å²) in [7, 11) is 0. The molecule has 1 fully saturated rings. The van der Waals surface area contributed by atoms with Crippen molar-refractivity contribution in [1.29, 1.82) is 0 Å². The number of hydrogen-bond donors (Lipinski definition) is 0. The van der Waals surface area contributed by atoms with E-state index in [0.29, 0.717) is 5.56 Å². The molecular weight excluding hydrogens is 498 g/mol. The number of rotatable bonds is 8. The standard InChI is InChI=1S/C34H39N3O3/c1-34(2,3)40-33(38)27-13-14-30-31(20-27)37(22-29-16-18-39-29)32(35-30)23-36-17-15-26-12-11-25(19-28(26)21-36)10-9-24-7-5-4-6-8-24/h4-8,11-14,19-20,29H,9-10,15-18,21-23H2,1-3H3/t29-/m0/s1. The van der Waals surface area contributed by atoms with E-state index < -0.39 is 5.60 Å². The zero-order valence-corrected chi connectivity index (χ0v) is 23.9. The van der Waals surface area contributed by atoms with Gasteiger partial charge in [-0.3, -0.25) is 4.90 Å². The summed E-state index contributed by atoms with van der Waals surface area (Å²) in [5, 5.41) is 0. The fourth-order valence-electron chi connectivity index (χ4n) is 5.69. The van der Waals surface area contributed by atoms with Crippen molar-refractivity contribution in [3.05, 3.63) is 100 Å². The van der Waals surface area contributed by atoms with Crippen LogP contribution in [0.3, 0.4) is 0 Å². The molecule has 6 nitrogen and oxygen atoms in total. The predicted octanol–water partition coefficient (Wildman–Crippen LogP) is 6.12. The average Bonchev–Trinajstić information content (AvgIpc) is 3.24. The van der Waals surface area contributed by atoms with Crippen LogP contribution in [0.2, 0.25) is 0 Å². The third kappa shape index (κ3) is 6.13. The number of carbonyl (C=O) groups is 1. The molecular formula is C34H39N3O3. The van der Waals surface area contributed by atoms with Crippen LogP contribution in [0.15, 0.2) is 66.7 Å². The molecule has 0 N–H and O–H groups in total. The quantitative estimate of drug-likeness (QED) is 0.253. The Morgan fingerprint density at radius 1 is 1.00 bits per heavy atom. The highest BCUT2D eigenvalue weighted by Crippen LogP contribution is 2.27. The summed E-state index contributed by atoms with van der Waals surface area (Å²) < 4.78 is 13.7. The number of imidazole rings is 1. The minimum absolute atomic E-state index is 0.190. The molecule has 0 saturated carbocycles. The van der Waals surface area contributed by atoms with Gasteiger partial charge in [-0.2, -0.15) is 0 Å². The summed E-state index contributed by atoms with van der Waals surface area (Å²) in [5.41, 5.74) is 7.55. The number of nitrogens with zero attached hydrogens (tertiary/aromatic N) is 3. The number of carbonyl (C=O) groups excluding carboxylic acids is 1. The van der Waals surface area contributed by atoms with Crippen LogP contribution in [-0.2, 0) is 48.4 Å². The Morgan fingerprint density at radius 3 is 2.55 bits per heavy atom. The van der Waals surface area contributed by atoms with Crippen LogP contribution >= 0.6 is 0 Å². The van der Waals surface area contributed by atoms with Gasteiger partial charge in [-0.05, 0) is 86.9 Å². The lowest BCUT2D eigenvalue weighted by Gasteiger charge is -2.30. The van der Waals surface area contributed by atoms with Gasteiger partial charge in [0.15, 0.2) is 0 Å². The highest BCUT2D eigenvalue weighted by Gasteiger charge is 2.25. The van der Waals surface area contributed by atoms with Gasteiger partial charge < -0.3 is 14.0 Å². The van der Waals surface area contributed by atoms with Crippen molar-refractivity contribution in [2.24, 2.45) is 0 Å². The highest BCUT2D eigenvalue weighted by molar-refractivity contribution is 5.94. The fraction of sp³-hybridized carbons (Fsp3) is 0.412. The van der Waals surface area contributed by atoms with E-state index in [1.165, 1.54) is 22.3 Å². The van der Waals surface area contributed by atoms with E-state index in [0.717, 1.165) is 75.3 Å². The molecule has 2 aliphatic rings. The second-order valence-electron chi connectivity index (χ2n) is 12.2. The van der Waals surface area contributed by atoms with Crippen LogP contribution in [0.1, 0.15) is 65.6 Å². The van der Waals surface area contributed by atoms with E-state index in [1.807, 2.05) is 39.0 Å². The molecule has 1 saturated heterocycles. The zero-order chi connectivity index (χ0) is 27.7. The number of aryl methyl sites for hydroxylation is 2. The molecule has 0 bridgehead atoms. The van der Waals surface area contributed by atoms with Gasteiger partial charge in [0.1, 0.15) is 11.4 Å². The smallest absolute Gasteiger partial charge is 0.338 e. The lowest BCUT2D eigenvalue weighted by atomic mass is 9.95. The number of esters is 1. The van der Waals surface area contributed by atoms with Crippen molar-refractivity contribution < 1.29 is 14.3 Å². The Bertz CT molecular complexity index is 1500. The summed E-state index contributed by atoms with van der Waals surface area (Å²) in [5.74, 6) is 0.717. The molecule has 0 spiro atoms. The second-order valence-corrected chi connectivity index (χ2v) is 12.2.